The zero-order valence-electron chi connectivity index (χ0n) is 17.1. The van der Waals surface area contributed by atoms with Gasteiger partial charge in [0.1, 0.15) is 6.29 Å². The van der Waals surface area contributed by atoms with Crippen LogP contribution in [0.15, 0.2) is 0 Å². The van der Waals surface area contributed by atoms with Gasteiger partial charge in [0.15, 0.2) is 0 Å². The Balaban J connectivity index is 0.000000400. The molecule has 0 saturated heterocycles. The highest BCUT2D eigenvalue weighted by molar-refractivity contribution is 5.53. The van der Waals surface area contributed by atoms with Crippen LogP contribution in [0, 0.1) is 23.7 Å². The standard InChI is InChI=1S/C10H20O.C10H18O.C2H6/c1-8(2)6-9-4-3-5-10(11)7-9;1-2-3-9-4-6-10(8-11)7-5-9;1-2/h8-11H,3-7H2,1-2H3;8-10H,2-7H2,1H3;1-2H3. The maximum absolute atomic E-state index is 10.4. The summed E-state index contributed by atoms with van der Waals surface area (Å²) in [6, 6.07) is 0. The summed E-state index contributed by atoms with van der Waals surface area (Å²) < 4.78 is 0. The number of rotatable bonds is 5. The van der Waals surface area contributed by atoms with Crippen LogP contribution in [-0.2, 0) is 4.79 Å². The molecule has 24 heavy (non-hydrogen) atoms. The predicted octanol–water partition coefficient (Wildman–Crippen LogP) is 6.40. The van der Waals surface area contributed by atoms with Gasteiger partial charge in [-0.2, -0.15) is 0 Å². The SMILES string of the molecule is CC.CC(C)CC1CCCC(O)C1.CCCC1CCC(C=O)CC1. The largest absolute Gasteiger partial charge is 0.393 e. The number of hydrogen-bond donors (Lipinski definition) is 1. The van der Waals surface area contributed by atoms with Gasteiger partial charge in [0.05, 0.1) is 6.10 Å². The topological polar surface area (TPSA) is 37.3 Å². The summed E-state index contributed by atoms with van der Waals surface area (Å²) in [6.45, 7) is 10.8. The molecular formula is C22H44O2. The van der Waals surface area contributed by atoms with Gasteiger partial charge in [-0.3, -0.25) is 0 Å². The van der Waals surface area contributed by atoms with Crippen molar-refractivity contribution in [1.82, 2.24) is 0 Å². The molecule has 2 rings (SSSR count). The summed E-state index contributed by atoms with van der Waals surface area (Å²) in [5.41, 5.74) is 0. The van der Waals surface area contributed by atoms with Crippen molar-refractivity contribution < 1.29 is 9.90 Å². The molecular weight excluding hydrogens is 296 g/mol. The van der Waals surface area contributed by atoms with Gasteiger partial charge in [-0.25, -0.2) is 0 Å². The van der Waals surface area contributed by atoms with Crippen LogP contribution in [0.1, 0.15) is 105 Å². The molecule has 0 bridgehead atoms. The van der Waals surface area contributed by atoms with E-state index in [1.54, 1.807) is 0 Å². The van der Waals surface area contributed by atoms with Crippen molar-refractivity contribution in [3.8, 4) is 0 Å². The third-order valence-corrected chi connectivity index (χ3v) is 5.34. The summed E-state index contributed by atoms with van der Waals surface area (Å²) >= 11 is 0. The van der Waals surface area contributed by atoms with E-state index in [1.807, 2.05) is 13.8 Å². The normalized spacial score (nSPS) is 29.8. The highest BCUT2D eigenvalue weighted by atomic mass is 16.3. The summed E-state index contributed by atoms with van der Waals surface area (Å²) in [4.78, 5) is 10.4. The summed E-state index contributed by atoms with van der Waals surface area (Å²) in [6.07, 6.45) is 14.7. The quantitative estimate of drug-likeness (QED) is 0.588. The molecule has 0 aromatic carbocycles. The number of carbonyl (C=O) groups is 1. The second-order valence-electron chi connectivity index (χ2n) is 8.02. The number of aliphatic hydroxyl groups excluding tert-OH is 1. The average Bonchev–Trinajstić information content (AvgIpc) is 2.58. The smallest absolute Gasteiger partial charge is 0.123 e. The van der Waals surface area contributed by atoms with Crippen molar-refractivity contribution in [3.63, 3.8) is 0 Å². The van der Waals surface area contributed by atoms with E-state index >= 15 is 0 Å². The van der Waals surface area contributed by atoms with Gasteiger partial charge in [-0.05, 0) is 62.7 Å². The van der Waals surface area contributed by atoms with E-state index in [2.05, 4.69) is 20.8 Å². The fourth-order valence-corrected chi connectivity index (χ4v) is 4.16. The van der Waals surface area contributed by atoms with E-state index in [9.17, 15) is 9.90 Å². The molecule has 1 N–H and O–H groups in total. The lowest BCUT2D eigenvalue weighted by atomic mass is 9.81. The molecule has 0 aromatic rings. The minimum absolute atomic E-state index is 0.00694. The van der Waals surface area contributed by atoms with Gasteiger partial charge in [0.25, 0.3) is 0 Å². The summed E-state index contributed by atoms with van der Waals surface area (Å²) in [5, 5.41) is 9.39. The van der Waals surface area contributed by atoms with Gasteiger partial charge in [-0.15, -0.1) is 0 Å². The maximum atomic E-state index is 10.4. The van der Waals surface area contributed by atoms with Crippen molar-refractivity contribution >= 4 is 6.29 Å². The third kappa shape index (κ3) is 11.2. The van der Waals surface area contributed by atoms with Crippen LogP contribution in [-0.4, -0.2) is 17.5 Å². The number of aldehydes is 1. The molecule has 0 radical (unpaired) electrons. The molecule has 2 aliphatic rings. The monoisotopic (exact) mass is 340 g/mol. The van der Waals surface area contributed by atoms with Gasteiger partial charge in [-0.1, -0.05) is 60.3 Å². The van der Waals surface area contributed by atoms with Crippen LogP contribution in [0.4, 0.5) is 0 Å². The molecule has 2 fully saturated rings. The fraction of sp³-hybridized carbons (Fsp3) is 0.955. The predicted molar refractivity (Wildman–Crippen MR) is 105 cm³/mol. The van der Waals surface area contributed by atoms with Crippen LogP contribution < -0.4 is 0 Å². The third-order valence-electron chi connectivity index (χ3n) is 5.34. The Hall–Kier alpha value is -0.370. The molecule has 0 spiro atoms. The van der Waals surface area contributed by atoms with Gasteiger partial charge in [0.2, 0.25) is 0 Å². The maximum Gasteiger partial charge on any atom is 0.123 e. The first-order valence-electron chi connectivity index (χ1n) is 10.7. The first kappa shape index (κ1) is 23.6. The Labute approximate surface area is 151 Å². The Morgan fingerprint density at radius 3 is 2.08 bits per heavy atom. The average molecular weight is 341 g/mol. The molecule has 144 valence electrons. The molecule has 2 heteroatoms. The first-order valence-corrected chi connectivity index (χ1v) is 10.7. The van der Waals surface area contributed by atoms with Crippen LogP contribution >= 0.6 is 0 Å². The summed E-state index contributed by atoms with van der Waals surface area (Å²) in [7, 11) is 0. The van der Waals surface area contributed by atoms with Gasteiger partial charge in [0, 0.05) is 5.92 Å². The Bertz CT molecular complexity index is 278. The lowest BCUT2D eigenvalue weighted by Crippen LogP contribution is -2.20. The molecule has 2 nitrogen and oxygen atoms in total. The van der Waals surface area contributed by atoms with Crippen LogP contribution in [0.2, 0.25) is 0 Å². The van der Waals surface area contributed by atoms with E-state index < -0.39 is 0 Å². The van der Waals surface area contributed by atoms with E-state index in [0.717, 1.165) is 49.7 Å². The van der Waals surface area contributed by atoms with Crippen molar-refractivity contribution in [3.05, 3.63) is 0 Å². The van der Waals surface area contributed by atoms with E-state index in [-0.39, 0.29) is 6.10 Å². The van der Waals surface area contributed by atoms with Crippen LogP contribution in [0.25, 0.3) is 0 Å². The number of hydrogen-bond acceptors (Lipinski definition) is 2. The zero-order valence-corrected chi connectivity index (χ0v) is 17.1. The van der Waals surface area contributed by atoms with Crippen molar-refractivity contribution in [2.45, 2.75) is 111 Å². The highest BCUT2D eigenvalue weighted by Crippen LogP contribution is 2.30. The minimum Gasteiger partial charge on any atom is -0.393 e. The molecule has 2 saturated carbocycles. The number of carbonyl (C=O) groups excluding carboxylic acids is 1. The second-order valence-corrected chi connectivity index (χ2v) is 8.02. The highest BCUT2D eigenvalue weighted by Gasteiger charge is 2.20. The molecule has 0 aliphatic heterocycles. The summed E-state index contributed by atoms with van der Waals surface area (Å²) in [5.74, 6) is 2.92. The second kappa shape index (κ2) is 14.9. The molecule has 2 atom stereocenters. The van der Waals surface area contributed by atoms with Crippen molar-refractivity contribution in [2.24, 2.45) is 23.7 Å². The van der Waals surface area contributed by atoms with E-state index in [0.29, 0.717) is 5.92 Å². The first-order chi connectivity index (χ1) is 11.5. The van der Waals surface area contributed by atoms with E-state index in [4.69, 9.17) is 0 Å². The molecule has 0 amide bonds. The zero-order chi connectivity index (χ0) is 18.4. The van der Waals surface area contributed by atoms with Crippen molar-refractivity contribution in [2.75, 3.05) is 0 Å². The van der Waals surface area contributed by atoms with Crippen LogP contribution in [0.3, 0.4) is 0 Å². The molecule has 0 aromatic heterocycles. The molecule has 2 unspecified atom stereocenters. The minimum atomic E-state index is 0.00694. The lowest BCUT2D eigenvalue weighted by Gasteiger charge is -2.26. The Morgan fingerprint density at radius 1 is 1.00 bits per heavy atom. The Morgan fingerprint density at radius 2 is 1.62 bits per heavy atom. The van der Waals surface area contributed by atoms with Crippen molar-refractivity contribution in [1.29, 1.82) is 0 Å². The Kier molecular flexibility index (Phi) is 14.7. The number of aliphatic hydroxyl groups is 1. The molecule has 0 heterocycles. The van der Waals surface area contributed by atoms with Gasteiger partial charge < -0.3 is 9.90 Å². The van der Waals surface area contributed by atoms with Gasteiger partial charge >= 0.3 is 0 Å². The fourth-order valence-electron chi connectivity index (χ4n) is 4.16. The molecule has 2 aliphatic carbocycles. The lowest BCUT2D eigenvalue weighted by molar-refractivity contribution is -0.112. The van der Waals surface area contributed by atoms with E-state index in [1.165, 1.54) is 44.9 Å². The van der Waals surface area contributed by atoms with Crippen LogP contribution in [0.5, 0.6) is 0 Å².